The lowest BCUT2D eigenvalue weighted by atomic mass is 9.97. The summed E-state index contributed by atoms with van der Waals surface area (Å²) in [5.74, 6) is -0.301. The number of hydrogen-bond acceptors (Lipinski definition) is 5. The highest BCUT2D eigenvalue weighted by Gasteiger charge is 2.35. The molecule has 1 aromatic carbocycles. The number of nitriles is 1. The minimum absolute atomic E-state index is 0.0390. The number of methoxy groups -OCH3 is 1. The van der Waals surface area contributed by atoms with Crippen molar-refractivity contribution in [2.45, 2.75) is 12.5 Å². The molecule has 1 aliphatic rings. The Labute approximate surface area is 121 Å². The van der Waals surface area contributed by atoms with Gasteiger partial charge in [-0.1, -0.05) is 0 Å². The second-order valence-corrected chi connectivity index (χ2v) is 4.75. The quantitative estimate of drug-likeness (QED) is 0.881. The van der Waals surface area contributed by atoms with E-state index in [0.29, 0.717) is 26.2 Å². The van der Waals surface area contributed by atoms with Crippen LogP contribution < -0.4 is 10.1 Å². The van der Waals surface area contributed by atoms with Crippen molar-refractivity contribution in [3.8, 4) is 17.6 Å². The van der Waals surface area contributed by atoms with E-state index >= 15 is 0 Å². The highest BCUT2D eigenvalue weighted by molar-refractivity contribution is 5.55. The van der Waals surface area contributed by atoms with Crippen molar-refractivity contribution >= 4 is 0 Å². The Hall–Kier alpha value is -1.91. The monoisotopic (exact) mass is 297 g/mol. The van der Waals surface area contributed by atoms with E-state index < -0.39 is 12.5 Å². The Morgan fingerprint density at radius 2 is 2.05 bits per heavy atom. The molecule has 1 heterocycles. The van der Waals surface area contributed by atoms with E-state index in [1.54, 1.807) is 4.90 Å². The first-order valence-electron chi connectivity index (χ1n) is 6.63. The second kappa shape index (κ2) is 6.70. The largest absolute Gasteiger partial charge is 0.504 e. The number of halogens is 2. The van der Waals surface area contributed by atoms with Gasteiger partial charge in [0.15, 0.2) is 11.5 Å². The molecular weight excluding hydrogens is 280 g/mol. The zero-order valence-electron chi connectivity index (χ0n) is 11.6. The van der Waals surface area contributed by atoms with E-state index in [4.69, 9.17) is 10.00 Å². The van der Waals surface area contributed by atoms with E-state index in [-0.39, 0.29) is 22.6 Å². The van der Waals surface area contributed by atoms with Gasteiger partial charge < -0.3 is 15.2 Å². The standard InChI is InChI=1S/C14H17F2N3O2/c1-21-10-3-2-9(8-17)11(13(10)20)12(14(15)16)19-6-4-18-5-7-19/h2-3,12,14,18,20H,4-7H2,1H3/t12-/m1/s1. The first kappa shape index (κ1) is 15.5. The average molecular weight is 297 g/mol. The van der Waals surface area contributed by atoms with Crippen molar-refractivity contribution < 1.29 is 18.6 Å². The van der Waals surface area contributed by atoms with Gasteiger partial charge in [-0.2, -0.15) is 5.26 Å². The van der Waals surface area contributed by atoms with Crippen LogP contribution in [-0.2, 0) is 0 Å². The maximum Gasteiger partial charge on any atom is 0.258 e. The van der Waals surface area contributed by atoms with Crippen molar-refractivity contribution in [2.24, 2.45) is 0 Å². The smallest absolute Gasteiger partial charge is 0.258 e. The van der Waals surface area contributed by atoms with Crippen LogP contribution in [0.15, 0.2) is 12.1 Å². The molecule has 0 amide bonds. The number of phenolic OH excluding ortho intramolecular Hbond substituents is 1. The summed E-state index contributed by atoms with van der Waals surface area (Å²) in [6, 6.07) is 3.34. The summed E-state index contributed by atoms with van der Waals surface area (Å²) in [5.41, 5.74) is -0.0223. The Kier molecular flexibility index (Phi) is 4.94. The van der Waals surface area contributed by atoms with Gasteiger partial charge in [0.2, 0.25) is 0 Å². The van der Waals surface area contributed by atoms with E-state index in [2.05, 4.69) is 5.32 Å². The molecule has 1 atom stereocenters. The van der Waals surface area contributed by atoms with Gasteiger partial charge in [0.1, 0.15) is 6.04 Å². The van der Waals surface area contributed by atoms with Crippen LogP contribution in [0.5, 0.6) is 11.5 Å². The number of phenols is 1. The van der Waals surface area contributed by atoms with Crippen molar-refractivity contribution in [2.75, 3.05) is 33.3 Å². The molecule has 0 spiro atoms. The maximum atomic E-state index is 13.6. The number of nitrogens with zero attached hydrogens (tertiary/aromatic N) is 2. The molecule has 0 aromatic heterocycles. The van der Waals surface area contributed by atoms with Gasteiger partial charge in [0.25, 0.3) is 6.43 Å². The number of benzene rings is 1. The molecule has 1 fully saturated rings. The van der Waals surface area contributed by atoms with Crippen LogP contribution in [0, 0.1) is 11.3 Å². The van der Waals surface area contributed by atoms with Crippen molar-refractivity contribution in [3.05, 3.63) is 23.3 Å². The normalized spacial score (nSPS) is 17.5. The number of piperazine rings is 1. The van der Waals surface area contributed by atoms with E-state index in [1.807, 2.05) is 6.07 Å². The predicted octanol–water partition coefficient (Wildman–Crippen LogP) is 1.48. The Balaban J connectivity index is 2.51. The molecule has 5 nitrogen and oxygen atoms in total. The molecule has 1 aromatic rings. The summed E-state index contributed by atoms with van der Waals surface area (Å²) in [6.45, 7) is 2.04. The maximum absolute atomic E-state index is 13.6. The second-order valence-electron chi connectivity index (χ2n) is 4.75. The Morgan fingerprint density at radius 1 is 1.38 bits per heavy atom. The summed E-state index contributed by atoms with van der Waals surface area (Å²) in [7, 11) is 1.34. The van der Waals surface area contributed by atoms with Crippen LogP contribution in [0.3, 0.4) is 0 Å². The van der Waals surface area contributed by atoms with Gasteiger partial charge in [-0.15, -0.1) is 0 Å². The first-order chi connectivity index (χ1) is 10.1. The van der Waals surface area contributed by atoms with Crippen molar-refractivity contribution in [1.29, 1.82) is 5.26 Å². The first-order valence-corrected chi connectivity index (χ1v) is 6.63. The molecule has 21 heavy (non-hydrogen) atoms. The fraction of sp³-hybridized carbons (Fsp3) is 0.500. The number of alkyl halides is 2. The third kappa shape index (κ3) is 3.06. The molecule has 114 valence electrons. The van der Waals surface area contributed by atoms with Crippen LogP contribution >= 0.6 is 0 Å². The number of rotatable bonds is 4. The van der Waals surface area contributed by atoms with Crippen LogP contribution in [0.4, 0.5) is 8.78 Å². The zero-order chi connectivity index (χ0) is 15.4. The fourth-order valence-corrected chi connectivity index (χ4v) is 2.58. The third-order valence-electron chi connectivity index (χ3n) is 3.60. The number of hydrogen-bond donors (Lipinski definition) is 2. The predicted molar refractivity (Wildman–Crippen MR) is 72.6 cm³/mol. The molecule has 0 unspecified atom stereocenters. The highest BCUT2D eigenvalue weighted by Crippen LogP contribution is 2.41. The van der Waals surface area contributed by atoms with Gasteiger partial charge in [-0.25, -0.2) is 8.78 Å². The Morgan fingerprint density at radius 3 is 2.57 bits per heavy atom. The minimum atomic E-state index is -2.71. The molecule has 2 N–H and O–H groups in total. The molecule has 1 aliphatic heterocycles. The lowest BCUT2D eigenvalue weighted by Gasteiger charge is -2.35. The average Bonchev–Trinajstić information content (AvgIpc) is 2.50. The fourth-order valence-electron chi connectivity index (χ4n) is 2.58. The summed E-state index contributed by atoms with van der Waals surface area (Å²) in [5, 5.41) is 22.4. The summed E-state index contributed by atoms with van der Waals surface area (Å²) in [6.07, 6.45) is -2.71. The SMILES string of the molecule is COc1ccc(C#N)c([C@H](C(F)F)N2CCNCC2)c1O. The van der Waals surface area contributed by atoms with Gasteiger partial charge in [-0.05, 0) is 12.1 Å². The molecule has 0 aliphatic carbocycles. The Bertz CT molecular complexity index is 540. The number of nitrogens with one attached hydrogen (secondary N) is 1. The van der Waals surface area contributed by atoms with Crippen molar-refractivity contribution in [3.63, 3.8) is 0 Å². The summed E-state index contributed by atoms with van der Waals surface area (Å²) >= 11 is 0. The summed E-state index contributed by atoms with van der Waals surface area (Å²) in [4.78, 5) is 1.58. The summed E-state index contributed by atoms with van der Waals surface area (Å²) < 4.78 is 32.1. The number of aromatic hydroxyl groups is 1. The van der Waals surface area contributed by atoms with E-state index in [1.165, 1.54) is 19.2 Å². The third-order valence-corrected chi connectivity index (χ3v) is 3.60. The van der Waals surface area contributed by atoms with E-state index in [0.717, 1.165) is 0 Å². The van der Waals surface area contributed by atoms with E-state index in [9.17, 15) is 13.9 Å². The van der Waals surface area contributed by atoms with Crippen LogP contribution in [0.2, 0.25) is 0 Å². The van der Waals surface area contributed by atoms with Crippen LogP contribution in [0.25, 0.3) is 0 Å². The lowest BCUT2D eigenvalue weighted by Crippen LogP contribution is -2.47. The highest BCUT2D eigenvalue weighted by atomic mass is 19.3. The molecular formula is C14H17F2N3O2. The molecule has 1 saturated heterocycles. The van der Waals surface area contributed by atoms with Gasteiger partial charge in [0, 0.05) is 31.7 Å². The lowest BCUT2D eigenvalue weighted by molar-refractivity contribution is 0.0167. The van der Waals surface area contributed by atoms with Gasteiger partial charge >= 0.3 is 0 Å². The van der Waals surface area contributed by atoms with Crippen LogP contribution in [-0.4, -0.2) is 49.7 Å². The molecule has 2 rings (SSSR count). The molecule has 0 saturated carbocycles. The van der Waals surface area contributed by atoms with Crippen molar-refractivity contribution in [1.82, 2.24) is 10.2 Å². The number of ether oxygens (including phenoxy) is 1. The van der Waals surface area contributed by atoms with Crippen LogP contribution in [0.1, 0.15) is 17.2 Å². The van der Waals surface area contributed by atoms with Gasteiger partial charge in [0.05, 0.1) is 18.7 Å². The minimum Gasteiger partial charge on any atom is -0.504 e. The topological polar surface area (TPSA) is 68.5 Å². The molecule has 7 heteroatoms. The molecule has 0 bridgehead atoms. The van der Waals surface area contributed by atoms with Gasteiger partial charge in [-0.3, -0.25) is 4.90 Å². The molecule has 0 radical (unpaired) electrons. The zero-order valence-corrected chi connectivity index (χ0v) is 11.6.